The molecule has 2 N–H and O–H groups in total. The number of hydrogen-bond donors (Lipinski definition) is 2. The molecule has 2 unspecified atom stereocenters. The predicted octanol–water partition coefficient (Wildman–Crippen LogP) is 5.11. The molecule has 8 heteroatoms. The molecule has 1 aliphatic heterocycles. The van der Waals surface area contributed by atoms with E-state index < -0.39 is 6.10 Å². The second kappa shape index (κ2) is 9.15. The van der Waals surface area contributed by atoms with Gasteiger partial charge in [0.1, 0.15) is 11.5 Å². The van der Waals surface area contributed by atoms with E-state index in [0.717, 1.165) is 24.8 Å². The third-order valence-electron chi connectivity index (χ3n) is 6.03. The van der Waals surface area contributed by atoms with E-state index in [1.807, 2.05) is 6.92 Å². The summed E-state index contributed by atoms with van der Waals surface area (Å²) in [5.74, 6) is -0.938. The van der Waals surface area contributed by atoms with Gasteiger partial charge < -0.3 is 10.4 Å². The zero-order chi connectivity index (χ0) is 22.1. The molecule has 1 fully saturated rings. The molecule has 0 radical (unpaired) electrons. The van der Waals surface area contributed by atoms with Crippen LogP contribution in [0.3, 0.4) is 0 Å². The van der Waals surface area contributed by atoms with Gasteiger partial charge in [0.25, 0.3) is 5.91 Å². The van der Waals surface area contributed by atoms with Crippen LogP contribution in [0.5, 0.6) is 0 Å². The Balaban J connectivity index is 1.68. The van der Waals surface area contributed by atoms with Crippen LogP contribution in [0.15, 0.2) is 47.6 Å². The lowest BCUT2D eigenvalue weighted by Crippen LogP contribution is -2.48. The molecule has 2 aliphatic rings. The lowest BCUT2D eigenvalue weighted by atomic mass is 9.89. The van der Waals surface area contributed by atoms with Crippen molar-refractivity contribution in [2.75, 3.05) is 5.01 Å². The fourth-order valence-electron chi connectivity index (χ4n) is 4.37. The summed E-state index contributed by atoms with van der Waals surface area (Å²) in [5, 5.41) is 20.4. The molecular formula is C23H24Cl2FN3O2. The first-order chi connectivity index (χ1) is 14.8. The number of rotatable bonds is 4. The van der Waals surface area contributed by atoms with Crippen LogP contribution >= 0.6 is 23.2 Å². The number of carbonyl (C=O) groups is 1. The molecule has 2 aromatic rings. The molecular weight excluding hydrogens is 440 g/mol. The Labute approximate surface area is 190 Å². The average Bonchev–Trinajstić information content (AvgIpc) is 3.07. The van der Waals surface area contributed by atoms with Crippen LogP contribution in [0.1, 0.15) is 44.2 Å². The van der Waals surface area contributed by atoms with Gasteiger partial charge in [-0.15, -0.1) is 0 Å². The highest BCUT2D eigenvalue weighted by Gasteiger charge is 2.41. The van der Waals surface area contributed by atoms with Gasteiger partial charge in [-0.3, -0.25) is 9.80 Å². The van der Waals surface area contributed by atoms with Gasteiger partial charge in [0.2, 0.25) is 0 Å². The van der Waals surface area contributed by atoms with Gasteiger partial charge in [0.15, 0.2) is 0 Å². The number of hydrazone groups is 1. The van der Waals surface area contributed by atoms with Crippen LogP contribution in [0, 0.1) is 11.7 Å². The number of benzene rings is 2. The van der Waals surface area contributed by atoms with Crippen molar-refractivity contribution in [3.8, 4) is 0 Å². The molecule has 1 aliphatic carbocycles. The standard InChI is InChI=1S/C23H24Cl2FN3O2/c1-13-21(23(31)27-18-4-2-3-5-20(18)30)28-29(19-11-8-15(24)12-17(19)25)22(13)14-6-9-16(26)10-7-14/h6-13,18,20,22,30H,2-5H2,1H3,(H,27,31)/t13?,18-,20-,22?/m0/s1. The fraction of sp³-hybridized carbons (Fsp3) is 0.391. The molecule has 4 atom stereocenters. The Morgan fingerprint density at radius 1 is 1.16 bits per heavy atom. The third-order valence-corrected chi connectivity index (χ3v) is 6.57. The minimum atomic E-state index is -0.551. The summed E-state index contributed by atoms with van der Waals surface area (Å²) in [6, 6.07) is 10.6. The number of hydrogen-bond acceptors (Lipinski definition) is 4. The Bertz CT molecular complexity index is 999. The van der Waals surface area contributed by atoms with Crippen LogP contribution in [-0.4, -0.2) is 28.9 Å². The van der Waals surface area contributed by atoms with Gasteiger partial charge in [0.05, 0.1) is 28.9 Å². The topological polar surface area (TPSA) is 64.9 Å². The number of aliphatic hydroxyl groups excluding tert-OH is 1. The van der Waals surface area contributed by atoms with Gasteiger partial charge >= 0.3 is 0 Å². The predicted molar refractivity (Wildman–Crippen MR) is 121 cm³/mol. The number of amides is 1. The van der Waals surface area contributed by atoms with Crippen LogP contribution in [0.25, 0.3) is 0 Å². The molecule has 164 valence electrons. The molecule has 2 aromatic carbocycles. The van der Waals surface area contributed by atoms with Crippen LogP contribution < -0.4 is 10.3 Å². The molecule has 0 spiro atoms. The minimum absolute atomic E-state index is 0.284. The van der Waals surface area contributed by atoms with E-state index in [-0.39, 0.29) is 29.7 Å². The number of halogens is 3. The van der Waals surface area contributed by atoms with E-state index in [2.05, 4.69) is 10.4 Å². The summed E-state index contributed by atoms with van der Waals surface area (Å²) in [7, 11) is 0. The molecule has 4 rings (SSSR count). The van der Waals surface area contributed by atoms with E-state index >= 15 is 0 Å². The van der Waals surface area contributed by atoms with Crippen molar-refractivity contribution in [3.05, 3.63) is 63.9 Å². The Morgan fingerprint density at radius 3 is 2.55 bits per heavy atom. The first-order valence-electron chi connectivity index (χ1n) is 10.4. The number of carbonyl (C=O) groups excluding carboxylic acids is 1. The van der Waals surface area contributed by atoms with E-state index in [1.165, 1.54) is 12.1 Å². The Hall–Kier alpha value is -2.15. The van der Waals surface area contributed by atoms with Crippen molar-refractivity contribution in [1.29, 1.82) is 0 Å². The highest BCUT2D eigenvalue weighted by atomic mass is 35.5. The Kier molecular flexibility index (Phi) is 6.51. The van der Waals surface area contributed by atoms with E-state index in [4.69, 9.17) is 23.2 Å². The van der Waals surface area contributed by atoms with Crippen LogP contribution in [0.4, 0.5) is 10.1 Å². The van der Waals surface area contributed by atoms with Crippen molar-refractivity contribution >= 4 is 40.5 Å². The van der Waals surface area contributed by atoms with Crippen molar-refractivity contribution in [2.45, 2.75) is 50.8 Å². The second-order valence-electron chi connectivity index (χ2n) is 8.14. The van der Waals surface area contributed by atoms with E-state index in [1.54, 1.807) is 35.3 Å². The quantitative estimate of drug-likeness (QED) is 0.662. The summed E-state index contributed by atoms with van der Waals surface area (Å²) in [5.41, 5.74) is 1.76. The lowest BCUT2D eigenvalue weighted by molar-refractivity contribution is -0.116. The summed E-state index contributed by atoms with van der Waals surface area (Å²) >= 11 is 12.5. The number of nitrogens with one attached hydrogen (secondary N) is 1. The summed E-state index contributed by atoms with van der Waals surface area (Å²) in [6.07, 6.45) is 2.79. The summed E-state index contributed by atoms with van der Waals surface area (Å²) in [4.78, 5) is 13.1. The highest BCUT2D eigenvalue weighted by Crippen LogP contribution is 2.42. The van der Waals surface area contributed by atoms with Crippen molar-refractivity contribution in [2.24, 2.45) is 11.0 Å². The van der Waals surface area contributed by atoms with E-state index in [9.17, 15) is 14.3 Å². The minimum Gasteiger partial charge on any atom is -0.391 e. The van der Waals surface area contributed by atoms with Gasteiger partial charge in [-0.05, 0) is 48.7 Å². The van der Waals surface area contributed by atoms with Crippen molar-refractivity contribution in [1.82, 2.24) is 5.32 Å². The van der Waals surface area contributed by atoms with Gasteiger partial charge in [0, 0.05) is 10.9 Å². The summed E-state index contributed by atoms with van der Waals surface area (Å²) in [6.45, 7) is 1.91. The molecule has 1 heterocycles. The molecule has 0 bridgehead atoms. The monoisotopic (exact) mass is 463 g/mol. The molecule has 5 nitrogen and oxygen atoms in total. The molecule has 0 aromatic heterocycles. The number of anilines is 1. The van der Waals surface area contributed by atoms with Gasteiger partial charge in [-0.25, -0.2) is 4.39 Å². The summed E-state index contributed by atoms with van der Waals surface area (Å²) < 4.78 is 13.5. The zero-order valence-electron chi connectivity index (χ0n) is 17.1. The van der Waals surface area contributed by atoms with Crippen molar-refractivity contribution in [3.63, 3.8) is 0 Å². The van der Waals surface area contributed by atoms with Gasteiger partial charge in [-0.1, -0.05) is 55.1 Å². The first-order valence-corrected chi connectivity index (χ1v) is 11.2. The van der Waals surface area contributed by atoms with Crippen LogP contribution in [0.2, 0.25) is 10.0 Å². The second-order valence-corrected chi connectivity index (χ2v) is 8.99. The fourth-order valence-corrected chi connectivity index (χ4v) is 4.86. The van der Waals surface area contributed by atoms with Crippen molar-refractivity contribution < 1.29 is 14.3 Å². The average molecular weight is 464 g/mol. The Morgan fingerprint density at radius 2 is 1.87 bits per heavy atom. The molecule has 0 saturated heterocycles. The highest BCUT2D eigenvalue weighted by molar-refractivity contribution is 6.41. The lowest BCUT2D eigenvalue weighted by Gasteiger charge is -2.29. The smallest absolute Gasteiger partial charge is 0.268 e. The SMILES string of the molecule is CC1C(C(=O)N[C@H]2CCCC[C@@H]2O)=NN(c2ccc(Cl)cc2Cl)C1c1ccc(F)cc1. The number of nitrogens with zero attached hydrogens (tertiary/aromatic N) is 2. The largest absolute Gasteiger partial charge is 0.391 e. The molecule has 1 amide bonds. The van der Waals surface area contributed by atoms with Crippen LogP contribution in [-0.2, 0) is 4.79 Å². The van der Waals surface area contributed by atoms with E-state index in [0.29, 0.717) is 27.9 Å². The number of aliphatic hydroxyl groups is 1. The zero-order valence-corrected chi connectivity index (χ0v) is 18.6. The molecule has 31 heavy (non-hydrogen) atoms. The first kappa shape index (κ1) is 22.1. The maximum absolute atomic E-state index is 13.5. The van der Waals surface area contributed by atoms with Gasteiger partial charge in [-0.2, -0.15) is 5.10 Å². The molecule has 1 saturated carbocycles. The normalized spacial score (nSPS) is 26.0. The maximum Gasteiger partial charge on any atom is 0.268 e. The maximum atomic E-state index is 13.5. The third kappa shape index (κ3) is 4.56.